The Labute approximate surface area is 86.6 Å². The maximum absolute atomic E-state index is 8.73. The van der Waals surface area contributed by atoms with Crippen molar-refractivity contribution in [1.29, 1.82) is 5.26 Å². The second-order valence-electron chi connectivity index (χ2n) is 3.86. The van der Waals surface area contributed by atoms with Crippen molar-refractivity contribution in [1.82, 2.24) is 4.90 Å². The van der Waals surface area contributed by atoms with Crippen LogP contribution in [-0.4, -0.2) is 37.7 Å². The molecule has 0 unspecified atom stereocenters. The molecule has 0 spiro atoms. The quantitative estimate of drug-likeness (QED) is 0.627. The van der Waals surface area contributed by atoms with Crippen molar-refractivity contribution in [2.75, 3.05) is 32.8 Å². The van der Waals surface area contributed by atoms with Crippen LogP contribution in [0, 0.1) is 17.2 Å². The minimum Gasteiger partial charge on any atom is -0.380 e. The number of ether oxygens (including phenoxy) is 1. The number of piperidine rings is 1. The molecule has 0 bridgehead atoms. The van der Waals surface area contributed by atoms with Crippen LogP contribution in [0.2, 0.25) is 0 Å². The lowest BCUT2D eigenvalue weighted by molar-refractivity contribution is 0.0929. The first kappa shape index (κ1) is 11.5. The highest BCUT2D eigenvalue weighted by Gasteiger charge is 2.17. The molecule has 3 heteroatoms. The Morgan fingerprint density at radius 3 is 2.64 bits per heavy atom. The molecule has 0 atom stereocenters. The van der Waals surface area contributed by atoms with Gasteiger partial charge in [-0.25, -0.2) is 0 Å². The molecule has 3 nitrogen and oxygen atoms in total. The van der Waals surface area contributed by atoms with E-state index in [4.69, 9.17) is 10.00 Å². The molecular weight excluding hydrogens is 176 g/mol. The first-order valence-electron chi connectivity index (χ1n) is 5.56. The van der Waals surface area contributed by atoms with E-state index in [1.165, 1.54) is 0 Å². The van der Waals surface area contributed by atoms with E-state index in [1.54, 1.807) is 0 Å². The minimum atomic E-state index is 0.294. The van der Waals surface area contributed by atoms with Crippen LogP contribution in [0.25, 0.3) is 0 Å². The number of likely N-dealkylation sites (tertiary alicyclic amines) is 1. The van der Waals surface area contributed by atoms with Crippen LogP contribution in [0.15, 0.2) is 0 Å². The third-order valence-electron chi connectivity index (χ3n) is 2.67. The summed E-state index contributed by atoms with van der Waals surface area (Å²) >= 11 is 0. The smallest absolute Gasteiger partial charge is 0.0656 e. The molecule has 0 saturated carbocycles. The van der Waals surface area contributed by atoms with Crippen LogP contribution in [0.5, 0.6) is 0 Å². The second-order valence-corrected chi connectivity index (χ2v) is 3.86. The molecule has 0 aromatic carbocycles. The fourth-order valence-corrected chi connectivity index (χ4v) is 1.73. The van der Waals surface area contributed by atoms with E-state index in [9.17, 15) is 0 Å². The monoisotopic (exact) mass is 196 g/mol. The Kier molecular flexibility index (Phi) is 5.58. The van der Waals surface area contributed by atoms with E-state index in [1.807, 2.05) is 0 Å². The molecule has 1 saturated heterocycles. The average Bonchev–Trinajstić information content (AvgIpc) is 2.25. The van der Waals surface area contributed by atoms with Crippen molar-refractivity contribution < 1.29 is 4.74 Å². The predicted octanol–water partition coefficient (Wildman–Crippen LogP) is 1.65. The van der Waals surface area contributed by atoms with E-state index < -0.39 is 0 Å². The van der Waals surface area contributed by atoms with Crippen LogP contribution >= 0.6 is 0 Å². The average molecular weight is 196 g/mol. The van der Waals surface area contributed by atoms with Crippen molar-refractivity contribution in [3.05, 3.63) is 0 Å². The molecule has 80 valence electrons. The SMILES string of the molecule is CCCOCCN1CCC(C#N)CC1. The van der Waals surface area contributed by atoms with E-state index in [0.717, 1.165) is 52.1 Å². The van der Waals surface area contributed by atoms with Gasteiger partial charge in [-0.1, -0.05) is 6.92 Å². The zero-order chi connectivity index (χ0) is 10.2. The Bertz CT molecular complexity index is 180. The fourth-order valence-electron chi connectivity index (χ4n) is 1.73. The molecule has 0 aromatic heterocycles. The van der Waals surface area contributed by atoms with E-state index in [0.29, 0.717) is 5.92 Å². The maximum Gasteiger partial charge on any atom is 0.0656 e. The molecule has 0 aromatic rings. The third kappa shape index (κ3) is 4.08. The number of nitriles is 1. The molecular formula is C11H20N2O. The van der Waals surface area contributed by atoms with E-state index in [-0.39, 0.29) is 0 Å². The van der Waals surface area contributed by atoms with Gasteiger partial charge in [-0.3, -0.25) is 0 Å². The van der Waals surface area contributed by atoms with Gasteiger partial charge in [0.15, 0.2) is 0 Å². The predicted molar refractivity (Wildman–Crippen MR) is 55.9 cm³/mol. The second kappa shape index (κ2) is 6.80. The van der Waals surface area contributed by atoms with Gasteiger partial charge in [0, 0.05) is 19.1 Å². The summed E-state index contributed by atoms with van der Waals surface area (Å²) in [5.74, 6) is 0.294. The molecule has 14 heavy (non-hydrogen) atoms. The summed E-state index contributed by atoms with van der Waals surface area (Å²) in [6.07, 6.45) is 3.16. The Hall–Kier alpha value is -0.590. The van der Waals surface area contributed by atoms with E-state index in [2.05, 4.69) is 17.9 Å². The van der Waals surface area contributed by atoms with Gasteiger partial charge in [0.2, 0.25) is 0 Å². The molecule has 1 aliphatic rings. The summed E-state index contributed by atoms with van der Waals surface area (Å²) < 4.78 is 5.43. The van der Waals surface area contributed by atoms with Crippen molar-refractivity contribution in [2.45, 2.75) is 26.2 Å². The molecule has 0 radical (unpaired) electrons. The van der Waals surface area contributed by atoms with Gasteiger partial charge in [0.05, 0.1) is 12.7 Å². The lowest BCUT2D eigenvalue weighted by atomic mass is 9.99. The highest BCUT2D eigenvalue weighted by molar-refractivity contribution is 4.87. The van der Waals surface area contributed by atoms with Gasteiger partial charge in [-0.15, -0.1) is 0 Å². The normalized spacial score (nSPS) is 19.4. The summed E-state index contributed by atoms with van der Waals surface area (Å²) in [6.45, 7) is 6.98. The lowest BCUT2D eigenvalue weighted by Gasteiger charge is -2.28. The minimum absolute atomic E-state index is 0.294. The number of rotatable bonds is 5. The molecule has 0 aliphatic carbocycles. The highest BCUT2D eigenvalue weighted by Crippen LogP contribution is 2.15. The van der Waals surface area contributed by atoms with Crippen molar-refractivity contribution >= 4 is 0 Å². The largest absolute Gasteiger partial charge is 0.380 e. The van der Waals surface area contributed by atoms with E-state index >= 15 is 0 Å². The van der Waals surface area contributed by atoms with Crippen LogP contribution in [0.3, 0.4) is 0 Å². The molecule has 1 aliphatic heterocycles. The topological polar surface area (TPSA) is 36.3 Å². The molecule has 1 heterocycles. The van der Waals surface area contributed by atoms with Crippen molar-refractivity contribution in [3.63, 3.8) is 0 Å². The molecule has 0 N–H and O–H groups in total. The Morgan fingerprint density at radius 2 is 2.07 bits per heavy atom. The number of nitrogens with zero attached hydrogens (tertiary/aromatic N) is 2. The maximum atomic E-state index is 8.73. The van der Waals surface area contributed by atoms with Gasteiger partial charge in [-0.05, 0) is 32.4 Å². The van der Waals surface area contributed by atoms with Gasteiger partial charge in [0.25, 0.3) is 0 Å². The summed E-state index contributed by atoms with van der Waals surface area (Å²) in [5, 5.41) is 8.73. The van der Waals surface area contributed by atoms with Crippen LogP contribution < -0.4 is 0 Å². The van der Waals surface area contributed by atoms with Gasteiger partial charge in [0.1, 0.15) is 0 Å². The fraction of sp³-hybridized carbons (Fsp3) is 0.909. The summed E-state index contributed by atoms with van der Waals surface area (Å²) in [6, 6.07) is 2.34. The summed E-state index contributed by atoms with van der Waals surface area (Å²) in [4.78, 5) is 2.39. The van der Waals surface area contributed by atoms with Crippen molar-refractivity contribution in [3.8, 4) is 6.07 Å². The zero-order valence-electron chi connectivity index (χ0n) is 9.04. The van der Waals surface area contributed by atoms with Gasteiger partial charge in [-0.2, -0.15) is 5.26 Å². The number of hydrogen-bond acceptors (Lipinski definition) is 3. The molecule has 0 amide bonds. The number of hydrogen-bond donors (Lipinski definition) is 0. The first-order valence-corrected chi connectivity index (χ1v) is 5.56. The third-order valence-corrected chi connectivity index (χ3v) is 2.67. The standard InChI is InChI=1S/C11H20N2O/c1-2-8-14-9-7-13-5-3-11(10-12)4-6-13/h11H,2-9H2,1H3. The summed E-state index contributed by atoms with van der Waals surface area (Å²) in [7, 11) is 0. The van der Waals surface area contributed by atoms with Crippen molar-refractivity contribution in [2.24, 2.45) is 5.92 Å². The lowest BCUT2D eigenvalue weighted by Crippen LogP contribution is -2.35. The van der Waals surface area contributed by atoms with Gasteiger partial charge >= 0.3 is 0 Å². The molecule has 1 rings (SSSR count). The van der Waals surface area contributed by atoms with Crippen LogP contribution in [0.4, 0.5) is 0 Å². The van der Waals surface area contributed by atoms with Gasteiger partial charge < -0.3 is 9.64 Å². The zero-order valence-corrected chi connectivity index (χ0v) is 9.04. The first-order chi connectivity index (χ1) is 6.86. The Balaban J connectivity index is 2.02. The van der Waals surface area contributed by atoms with Crippen LogP contribution in [0.1, 0.15) is 26.2 Å². The Morgan fingerprint density at radius 1 is 1.36 bits per heavy atom. The summed E-state index contributed by atoms with van der Waals surface area (Å²) in [5.41, 5.74) is 0. The molecule has 1 fully saturated rings. The highest BCUT2D eigenvalue weighted by atomic mass is 16.5. The van der Waals surface area contributed by atoms with Crippen LogP contribution in [-0.2, 0) is 4.74 Å².